The number of nitrogens with one attached hydrogen (secondary N) is 1. The van der Waals surface area contributed by atoms with Crippen LogP contribution in [0.15, 0.2) is 24.3 Å². The molecule has 3 heteroatoms. The first-order chi connectivity index (χ1) is 8.75. The molecule has 1 N–H and O–H groups in total. The van der Waals surface area contributed by atoms with Crippen LogP contribution < -0.4 is 10.2 Å². The summed E-state index contributed by atoms with van der Waals surface area (Å²) in [6.45, 7) is 6.74. The molecule has 1 saturated heterocycles. The first kappa shape index (κ1) is 12.0. The third-order valence-electron chi connectivity index (χ3n) is 4.45. The van der Waals surface area contributed by atoms with Gasteiger partial charge < -0.3 is 15.1 Å². The minimum absolute atomic E-state index is 0.672. The largest absolute Gasteiger partial charge is 0.366 e. The van der Waals surface area contributed by atoms with Gasteiger partial charge in [-0.15, -0.1) is 0 Å². The average Bonchev–Trinajstić information content (AvgIpc) is 2.62. The van der Waals surface area contributed by atoms with Crippen molar-refractivity contribution in [3.63, 3.8) is 0 Å². The van der Waals surface area contributed by atoms with Crippen LogP contribution in [0.1, 0.15) is 18.9 Å². The molecule has 0 radical (unpaired) electrons. The van der Waals surface area contributed by atoms with E-state index in [1.54, 1.807) is 0 Å². The second-order valence-electron chi connectivity index (χ2n) is 5.68. The predicted molar refractivity (Wildman–Crippen MR) is 76.0 cm³/mol. The van der Waals surface area contributed by atoms with Crippen LogP contribution in [-0.2, 0) is 6.54 Å². The van der Waals surface area contributed by atoms with Crippen LogP contribution in [0.3, 0.4) is 0 Å². The van der Waals surface area contributed by atoms with Gasteiger partial charge in [0.2, 0.25) is 0 Å². The number of nitrogens with zero attached hydrogens (tertiary/aromatic N) is 2. The van der Waals surface area contributed by atoms with Crippen LogP contribution in [0.5, 0.6) is 0 Å². The van der Waals surface area contributed by atoms with Crippen molar-refractivity contribution in [3.05, 3.63) is 29.8 Å². The van der Waals surface area contributed by atoms with E-state index in [0.29, 0.717) is 12.1 Å². The number of hydrogen-bond donors (Lipinski definition) is 1. The van der Waals surface area contributed by atoms with Crippen molar-refractivity contribution in [1.29, 1.82) is 0 Å². The highest BCUT2D eigenvalue weighted by Gasteiger charge is 2.31. The van der Waals surface area contributed by atoms with Crippen LogP contribution in [0.4, 0.5) is 5.69 Å². The molecule has 2 unspecified atom stereocenters. The monoisotopic (exact) mass is 245 g/mol. The maximum Gasteiger partial charge on any atom is 0.0432 e. The molecule has 0 saturated carbocycles. The van der Waals surface area contributed by atoms with Crippen molar-refractivity contribution < 1.29 is 0 Å². The third kappa shape index (κ3) is 2.13. The molecule has 2 heterocycles. The van der Waals surface area contributed by atoms with Gasteiger partial charge in [0, 0.05) is 44.0 Å². The highest BCUT2D eigenvalue weighted by molar-refractivity contribution is 5.55. The Labute approximate surface area is 110 Å². The van der Waals surface area contributed by atoms with Crippen LogP contribution >= 0.6 is 0 Å². The Hall–Kier alpha value is -1.06. The molecule has 98 valence electrons. The van der Waals surface area contributed by atoms with Crippen molar-refractivity contribution >= 4 is 5.69 Å². The number of rotatable bonds is 1. The normalized spacial score (nSPS) is 29.1. The molecule has 0 spiro atoms. The Kier molecular flexibility index (Phi) is 3.27. The highest BCUT2D eigenvalue weighted by atomic mass is 15.3. The lowest BCUT2D eigenvalue weighted by Crippen LogP contribution is -2.39. The molecule has 3 nitrogen and oxygen atoms in total. The SMILES string of the molecule is CC1CC(N2CCNCc3ccccc32)CN1C. The van der Waals surface area contributed by atoms with Crippen LogP contribution in [-0.4, -0.2) is 43.7 Å². The van der Waals surface area contributed by atoms with E-state index in [1.807, 2.05) is 0 Å². The van der Waals surface area contributed by atoms with Crippen molar-refractivity contribution in [3.8, 4) is 0 Å². The maximum atomic E-state index is 3.52. The number of para-hydroxylation sites is 1. The number of benzene rings is 1. The van der Waals surface area contributed by atoms with E-state index < -0.39 is 0 Å². The van der Waals surface area contributed by atoms with Crippen molar-refractivity contribution in [2.24, 2.45) is 0 Å². The number of anilines is 1. The van der Waals surface area contributed by atoms with E-state index in [0.717, 1.165) is 19.6 Å². The lowest BCUT2D eigenvalue weighted by Gasteiger charge is -2.31. The topological polar surface area (TPSA) is 18.5 Å². The zero-order valence-electron chi connectivity index (χ0n) is 11.4. The lowest BCUT2D eigenvalue weighted by atomic mass is 10.1. The van der Waals surface area contributed by atoms with E-state index in [9.17, 15) is 0 Å². The summed E-state index contributed by atoms with van der Waals surface area (Å²) in [5.41, 5.74) is 2.88. The Morgan fingerprint density at radius 3 is 2.89 bits per heavy atom. The Morgan fingerprint density at radius 2 is 2.11 bits per heavy atom. The minimum Gasteiger partial charge on any atom is -0.366 e. The van der Waals surface area contributed by atoms with Gasteiger partial charge in [-0.05, 0) is 32.0 Å². The number of fused-ring (bicyclic) bond motifs is 1. The van der Waals surface area contributed by atoms with Gasteiger partial charge in [0.1, 0.15) is 0 Å². The van der Waals surface area contributed by atoms with Gasteiger partial charge in [-0.2, -0.15) is 0 Å². The molecular formula is C15H23N3. The van der Waals surface area contributed by atoms with Crippen molar-refractivity contribution in [2.75, 3.05) is 31.6 Å². The quantitative estimate of drug-likeness (QED) is 0.812. The molecule has 3 rings (SSSR count). The van der Waals surface area contributed by atoms with E-state index in [4.69, 9.17) is 0 Å². The van der Waals surface area contributed by atoms with E-state index >= 15 is 0 Å². The molecule has 1 fully saturated rings. The van der Waals surface area contributed by atoms with Crippen LogP contribution in [0, 0.1) is 0 Å². The second-order valence-corrected chi connectivity index (χ2v) is 5.68. The van der Waals surface area contributed by atoms with Gasteiger partial charge in [-0.25, -0.2) is 0 Å². The van der Waals surface area contributed by atoms with Gasteiger partial charge in [0.05, 0.1) is 0 Å². The number of likely N-dealkylation sites (N-methyl/N-ethyl adjacent to an activating group) is 1. The van der Waals surface area contributed by atoms with Gasteiger partial charge in [-0.1, -0.05) is 18.2 Å². The van der Waals surface area contributed by atoms with Crippen LogP contribution in [0.2, 0.25) is 0 Å². The molecule has 0 aromatic heterocycles. The molecule has 1 aromatic rings. The Balaban J connectivity index is 1.88. The Morgan fingerprint density at radius 1 is 1.28 bits per heavy atom. The molecule has 0 aliphatic carbocycles. The smallest absolute Gasteiger partial charge is 0.0432 e. The first-order valence-electron chi connectivity index (χ1n) is 7.01. The summed E-state index contributed by atoms with van der Waals surface area (Å²) in [4.78, 5) is 5.10. The minimum atomic E-state index is 0.672. The van der Waals surface area contributed by atoms with E-state index in [1.165, 1.54) is 24.2 Å². The summed E-state index contributed by atoms with van der Waals surface area (Å²) in [5.74, 6) is 0. The van der Waals surface area contributed by atoms with Crippen molar-refractivity contribution in [1.82, 2.24) is 10.2 Å². The summed E-state index contributed by atoms with van der Waals surface area (Å²) in [5, 5.41) is 3.52. The molecule has 0 amide bonds. The molecular weight excluding hydrogens is 222 g/mol. The Bertz CT molecular complexity index is 408. The highest BCUT2D eigenvalue weighted by Crippen LogP contribution is 2.29. The number of hydrogen-bond acceptors (Lipinski definition) is 3. The molecule has 2 aliphatic heterocycles. The van der Waals surface area contributed by atoms with Crippen molar-refractivity contribution in [2.45, 2.75) is 32.0 Å². The van der Waals surface area contributed by atoms with Gasteiger partial charge in [0.25, 0.3) is 0 Å². The summed E-state index contributed by atoms with van der Waals surface area (Å²) in [7, 11) is 2.24. The first-order valence-corrected chi connectivity index (χ1v) is 7.01. The summed E-state index contributed by atoms with van der Waals surface area (Å²) >= 11 is 0. The zero-order chi connectivity index (χ0) is 12.5. The summed E-state index contributed by atoms with van der Waals surface area (Å²) < 4.78 is 0. The third-order valence-corrected chi connectivity index (χ3v) is 4.45. The summed E-state index contributed by atoms with van der Waals surface area (Å²) in [6, 6.07) is 10.2. The number of likely N-dealkylation sites (tertiary alicyclic amines) is 1. The van der Waals surface area contributed by atoms with Gasteiger partial charge >= 0.3 is 0 Å². The van der Waals surface area contributed by atoms with Gasteiger partial charge in [-0.3, -0.25) is 0 Å². The molecule has 2 aliphatic rings. The van der Waals surface area contributed by atoms with E-state index in [2.05, 4.69) is 53.4 Å². The lowest BCUT2D eigenvalue weighted by molar-refractivity contribution is 0.328. The molecule has 0 bridgehead atoms. The predicted octanol–water partition coefficient (Wildman–Crippen LogP) is 1.69. The standard InChI is InChI=1S/C15H23N3/c1-12-9-14(11-17(12)2)18-8-7-16-10-13-5-3-4-6-15(13)18/h3-6,12,14,16H,7-11H2,1-2H3. The zero-order valence-corrected chi connectivity index (χ0v) is 11.4. The molecule has 18 heavy (non-hydrogen) atoms. The maximum absolute atomic E-state index is 3.52. The fourth-order valence-corrected chi connectivity index (χ4v) is 3.25. The second kappa shape index (κ2) is 4.90. The fraction of sp³-hybridized carbons (Fsp3) is 0.600. The molecule has 2 atom stereocenters. The fourth-order valence-electron chi connectivity index (χ4n) is 3.25. The van der Waals surface area contributed by atoms with Crippen LogP contribution in [0.25, 0.3) is 0 Å². The molecule has 1 aromatic carbocycles. The van der Waals surface area contributed by atoms with Gasteiger partial charge in [0.15, 0.2) is 0 Å². The summed E-state index contributed by atoms with van der Waals surface area (Å²) in [6.07, 6.45) is 1.28. The van der Waals surface area contributed by atoms with E-state index in [-0.39, 0.29) is 0 Å². The average molecular weight is 245 g/mol.